The van der Waals surface area contributed by atoms with Crippen LogP contribution >= 0.6 is 11.3 Å². The average Bonchev–Trinajstić information content (AvgIpc) is 3.06. The van der Waals surface area contributed by atoms with Crippen LogP contribution in [-0.2, 0) is 0 Å². The van der Waals surface area contributed by atoms with Gasteiger partial charge in [0, 0.05) is 20.2 Å². The highest BCUT2D eigenvalue weighted by molar-refractivity contribution is 7.26. The average molecular weight is 403 g/mol. The van der Waals surface area contributed by atoms with Crippen LogP contribution in [0.4, 0.5) is 4.39 Å². The van der Waals surface area contributed by atoms with Gasteiger partial charge in [0.05, 0.1) is 6.61 Å². The van der Waals surface area contributed by atoms with E-state index in [1.165, 1.54) is 56.3 Å². The van der Waals surface area contributed by atoms with Crippen LogP contribution in [0.5, 0.6) is 5.75 Å². The summed E-state index contributed by atoms with van der Waals surface area (Å²) in [6.45, 7) is 3.00. The van der Waals surface area contributed by atoms with Crippen molar-refractivity contribution in [2.24, 2.45) is 0 Å². The van der Waals surface area contributed by atoms with Crippen LogP contribution in [-0.4, -0.2) is 6.61 Å². The molecule has 0 spiro atoms. The largest absolute Gasteiger partial charge is 0.494 e. The molecular formula is C26H23FOS. The number of ether oxygens (including phenoxy) is 1. The lowest BCUT2D eigenvalue weighted by atomic mass is 10.0. The molecule has 0 saturated heterocycles. The molecule has 0 aliphatic carbocycles. The molecule has 3 heteroatoms. The lowest BCUT2D eigenvalue weighted by molar-refractivity contribution is 0.305. The molecule has 0 bridgehead atoms. The van der Waals surface area contributed by atoms with Crippen molar-refractivity contribution >= 4 is 53.1 Å². The Morgan fingerprint density at radius 1 is 0.724 bits per heavy atom. The molecule has 1 heterocycles. The molecule has 1 aromatic heterocycles. The molecule has 5 rings (SSSR count). The Labute approximate surface area is 173 Å². The first-order valence-corrected chi connectivity index (χ1v) is 11.1. The highest BCUT2D eigenvalue weighted by Crippen LogP contribution is 2.39. The lowest BCUT2D eigenvalue weighted by Gasteiger charge is -2.07. The van der Waals surface area contributed by atoms with E-state index in [0.717, 1.165) is 29.5 Å². The normalized spacial score (nSPS) is 11.8. The number of hydrogen-bond acceptors (Lipinski definition) is 2. The minimum absolute atomic E-state index is 0.189. The second-order valence-electron chi connectivity index (χ2n) is 7.71. The van der Waals surface area contributed by atoms with E-state index in [9.17, 15) is 4.39 Å². The van der Waals surface area contributed by atoms with Crippen LogP contribution in [0.3, 0.4) is 0 Å². The maximum absolute atomic E-state index is 13.6. The van der Waals surface area contributed by atoms with E-state index in [1.807, 2.05) is 6.07 Å². The van der Waals surface area contributed by atoms with Crippen molar-refractivity contribution in [2.45, 2.75) is 32.6 Å². The molecular weight excluding hydrogens is 379 g/mol. The number of hydrogen-bond donors (Lipinski definition) is 0. The number of benzene rings is 4. The minimum atomic E-state index is -0.189. The van der Waals surface area contributed by atoms with Crippen LogP contribution in [0.15, 0.2) is 60.7 Å². The molecule has 146 valence electrons. The summed E-state index contributed by atoms with van der Waals surface area (Å²) in [5.74, 6) is 0.751. The second-order valence-corrected chi connectivity index (χ2v) is 8.79. The third-order valence-electron chi connectivity index (χ3n) is 5.59. The van der Waals surface area contributed by atoms with Crippen LogP contribution < -0.4 is 4.74 Å². The van der Waals surface area contributed by atoms with Crippen LogP contribution in [0.1, 0.15) is 32.6 Å². The van der Waals surface area contributed by atoms with Crippen LogP contribution in [0, 0.1) is 5.82 Å². The standard InChI is InChI=1S/C26H23FOS/c1-2-3-4-5-10-28-22-9-7-18-14-24-23-13-17-6-8-21(27)11-19(17)15-25(23)29-26(24)16-20(18)12-22/h6-9,11-16H,2-5,10H2,1H3. The van der Waals surface area contributed by atoms with Crippen molar-refractivity contribution < 1.29 is 9.13 Å². The smallest absolute Gasteiger partial charge is 0.123 e. The van der Waals surface area contributed by atoms with Gasteiger partial charge in [0.1, 0.15) is 11.6 Å². The summed E-state index contributed by atoms with van der Waals surface area (Å²) in [5.41, 5.74) is 0. The Morgan fingerprint density at radius 2 is 1.41 bits per heavy atom. The summed E-state index contributed by atoms with van der Waals surface area (Å²) in [6.07, 6.45) is 4.85. The van der Waals surface area contributed by atoms with Gasteiger partial charge in [-0.15, -0.1) is 11.3 Å². The summed E-state index contributed by atoms with van der Waals surface area (Å²) in [7, 11) is 0. The fourth-order valence-corrected chi connectivity index (χ4v) is 5.19. The van der Waals surface area contributed by atoms with Gasteiger partial charge in [-0.2, -0.15) is 0 Å². The Bertz CT molecular complexity index is 1330. The quantitative estimate of drug-likeness (QED) is 0.259. The first-order valence-electron chi connectivity index (χ1n) is 10.3. The van der Waals surface area contributed by atoms with E-state index in [1.54, 1.807) is 17.4 Å². The molecule has 0 unspecified atom stereocenters. The molecule has 4 aromatic carbocycles. The molecule has 0 saturated carbocycles. The second kappa shape index (κ2) is 7.64. The monoisotopic (exact) mass is 402 g/mol. The summed E-state index contributed by atoms with van der Waals surface area (Å²) >= 11 is 1.77. The van der Waals surface area contributed by atoms with Crippen molar-refractivity contribution in [3.8, 4) is 5.75 Å². The highest BCUT2D eigenvalue weighted by atomic mass is 32.1. The van der Waals surface area contributed by atoms with Gasteiger partial charge >= 0.3 is 0 Å². The van der Waals surface area contributed by atoms with Crippen LogP contribution in [0.2, 0.25) is 0 Å². The predicted molar refractivity (Wildman–Crippen MR) is 124 cm³/mol. The van der Waals surface area contributed by atoms with Gasteiger partial charge in [0.15, 0.2) is 0 Å². The molecule has 1 nitrogen and oxygen atoms in total. The van der Waals surface area contributed by atoms with Gasteiger partial charge < -0.3 is 4.74 Å². The van der Waals surface area contributed by atoms with E-state index < -0.39 is 0 Å². The summed E-state index contributed by atoms with van der Waals surface area (Å²) in [5, 5.41) is 6.94. The highest BCUT2D eigenvalue weighted by Gasteiger charge is 2.09. The number of halogens is 1. The summed E-state index contributed by atoms with van der Waals surface area (Å²) in [6, 6.07) is 20.2. The number of unbranched alkanes of at least 4 members (excludes halogenated alkanes) is 3. The Balaban J connectivity index is 1.53. The number of rotatable bonds is 6. The zero-order chi connectivity index (χ0) is 19.8. The third-order valence-corrected chi connectivity index (χ3v) is 6.70. The fraction of sp³-hybridized carbons (Fsp3) is 0.231. The molecule has 5 aromatic rings. The van der Waals surface area contributed by atoms with Crippen LogP contribution in [0.25, 0.3) is 41.7 Å². The van der Waals surface area contributed by atoms with E-state index in [4.69, 9.17) is 4.74 Å². The van der Waals surface area contributed by atoms with Gasteiger partial charge in [0.2, 0.25) is 0 Å². The molecule has 0 radical (unpaired) electrons. The molecule has 0 amide bonds. The van der Waals surface area contributed by atoms with Crippen molar-refractivity contribution in [2.75, 3.05) is 6.61 Å². The SMILES string of the molecule is CCCCCCOc1ccc2cc3c(cc2c1)sc1cc2cc(F)ccc2cc13. The Hall–Kier alpha value is -2.65. The Kier molecular flexibility index (Phi) is 4.84. The topological polar surface area (TPSA) is 9.23 Å². The van der Waals surface area contributed by atoms with Gasteiger partial charge in [-0.3, -0.25) is 0 Å². The third kappa shape index (κ3) is 3.56. The molecule has 0 atom stereocenters. The number of thiophene rings is 1. The van der Waals surface area contributed by atoms with E-state index in [-0.39, 0.29) is 5.82 Å². The summed E-state index contributed by atoms with van der Waals surface area (Å²) < 4.78 is 22.0. The van der Waals surface area contributed by atoms with Crippen molar-refractivity contribution in [3.63, 3.8) is 0 Å². The van der Waals surface area contributed by atoms with Crippen molar-refractivity contribution in [1.29, 1.82) is 0 Å². The van der Waals surface area contributed by atoms with E-state index in [2.05, 4.69) is 49.4 Å². The summed E-state index contributed by atoms with van der Waals surface area (Å²) in [4.78, 5) is 0. The zero-order valence-corrected chi connectivity index (χ0v) is 17.3. The molecule has 0 aliphatic rings. The first kappa shape index (κ1) is 18.4. The molecule has 0 fully saturated rings. The minimum Gasteiger partial charge on any atom is -0.494 e. The van der Waals surface area contributed by atoms with E-state index >= 15 is 0 Å². The van der Waals surface area contributed by atoms with Gasteiger partial charge in [0.25, 0.3) is 0 Å². The molecule has 0 aliphatic heterocycles. The lowest BCUT2D eigenvalue weighted by Crippen LogP contribution is -1.96. The zero-order valence-electron chi connectivity index (χ0n) is 16.5. The fourth-order valence-electron chi connectivity index (χ4n) is 4.02. The predicted octanol–water partition coefficient (Wildman–Crippen LogP) is 8.46. The van der Waals surface area contributed by atoms with Crippen molar-refractivity contribution in [3.05, 3.63) is 66.5 Å². The Morgan fingerprint density at radius 3 is 2.14 bits per heavy atom. The maximum Gasteiger partial charge on any atom is 0.123 e. The van der Waals surface area contributed by atoms with Gasteiger partial charge in [-0.25, -0.2) is 4.39 Å². The first-order chi connectivity index (χ1) is 14.2. The van der Waals surface area contributed by atoms with Gasteiger partial charge in [-0.05, 0) is 76.5 Å². The van der Waals surface area contributed by atoms with E-state index in [0.29, 0.717) is 0 Å². The molecule has 0 N–H and O–H groups in total. The molecule has 29 heavy (non-hydrogen) atoms. The maximum atomic E-state index is 13.6. The van der Waals surface area contributed by atoms with Crippen molar-refractivity contribution in [1.82, 2.24) is 0 Å². The van der Waals surface area contributed by atoms with Gasteiger partial charge in [-0.1, -0.05) is 38.3 Å². The number of fused-ring (bicyclic) bond motifs is 5.